The molecule has 2 fully saturated rings. The lowest BCUT2D eigenvalue weighted by Crippen LogP contribution is -2.50. The predicted molar refractivity (Wildman–Crippen MR) is 78.5 cm³/mol. The lowest BCUT2D eigenvalue weighted by atomic mass is 9.76. The SMILES string of the molecule is CC1CCCC(N(C)C2CC(C)CCC2CN)C1. The molecule has 106 valence electrons. The second kappa shape index (κ2) is 6.38. The Morgan fingerprint density at radius 1 is 1.00 bits per heavy atom. The molecule has 2 N–H and O–H groups in total. The van der Waals surface area contributed by atoms with Crippen LogP contribution in [0, 0.1) is 17.8 Å². The second-order valence-electron chi connectivity index (χ2n) is 7.07. The summed E-state index contributed by atoms with van der Waals surface area (Å²) >= 11 is 0. The first-order valence-corrected chi connectivity index (χ1v) is 8.03. The van der Waals surface area contributed by atoms with Crippen molar-refractivity contribution >= 4 is 0 Å². The Hall–Kier alpha value is -0.0800. The van der Waals surface area contributed by atoms with Crippen molar-refractivity contribution in [3.63, 3.8) is 0 Å². The summed E-state index contributed by atoms with van der Waals surface area (Å²) in [4.78, 5) is 2.71. The highest BCUT2D eigenvalue weighted by atomic mass is 15.2. The van der Waals surface area contributed by atoms with Crippen molar-refractivity contribution in [2.24, 2.45) is 23.5 Å². The van der Waals surface area contributed by atoms with Gasteiger partial charge >= 0.3 is 0 Å². The fraction of sp³-hybridized carbons (Fsp3) is 1.00. The van der Waals surface area contributed by atoms with Crippen molar-refractivity contribution in [1.29, 1.82) is 0 Å². The van der Waals surface area contributed by atoms with Gasteiger partial charge in [-0.1, -0.05) is 33.1 Å². The Kier molecular flexibility index (Phi) is 5.08. The summed E-state index contributed by atoms with van der Waals surface area (Å²) in [6.45, 7) is 5.71. The van der Waals surface area contributed by atoms with Gasteiger partial charge in [0.15, 0.2) is 0 Å². The van der Waals surface area contributed by atoms with E-state index in [1.54, 1.807) is 0 Å². The molecule has 18 heavy (non-hydrogen) atoms. The molecule has 0 aliphatic heterocycles. The van der Waals surface area contributed by atoms with Gasteiger partial charge in [-0.3, -0.25) is 0 Å². The summed E-state index contributed by atoms with van der Waals surface area (Å²) in [6.07, 6.45) is 9.75. The largest absolute Gasteiger partial charge is 0.330 e. The highest BCUT2D eigenvalue weighted by Gasteiger charge is 2.34. The van der Waals surface area contributed by atoms with E-state index in [0.717, 1.165) is 36.4 Å². The Bertz CT molecular complexity index is 253. The van der Waals surface area contributed by atoms with Gasteiger partial charge < -0.3 is 10.6 Å². The van der Waals surface area contributed by atoms with Crippen molar-refractivity contribution in [2.45, 2.75) is 70.9 Å². The molecule has 2 aliphatic rings. The van der Waals surface area contributed by atoms with E-state index in [-0.39, 0.29) is 0 Å². The Morgan fingerprint density at radius 2 is 1.72 bits per heavy atom. The third kappa shape index (κ3) is 3.27. The zero-order valence-electron chi connectivity index (χ0n) is 12.6. The molecule has 2 rings (SSSR count). The highest BCUT2D eigenvalue weighted by Crippen LogP contribution is 2.35. The molecule has 2 saturated carbocycles. The highest BCUT2D eigenvalue weighted by molar-refractivity contribution is 4.89. The predicted octanol–water partition coefficient (Wildman–Crippen LogP) is 3.26. The lowest BCUT2D eigenvalue weighted by Gasteiger charge is -2.45. The quantitative estimate of drug-likeness (QED) is 0.835. The van der Waals surface area contributed by atoms with Crippen LogP contribution in [0.2, 0.25) is 0 Å². The maximum atomic E-state index is 6.01. The summed E-state index contributed by atoms with van der Waals surface area (Å²) in [5.41, 5.74) is 6.01. The van der Waals surface area contributed by atoms with Crippen LogP contribution in [0.1, 0.15) is 58.8 Å². The van der Waals surface area contributed by atoms with Gasteiger partial charge in [0.05, 0.1) is 0 Å². The summed E-state index contributed by atoms with van der Waals surface area (Å²) in [7, 11) is 2.37. The number of hydrogen-bond donors (Lipinski definition) is 1. The standard InChI is InChI=1S/C16H32N2/c1-12-5-4-6-15(9-12)18(3)16-10-13(2)7-8-14(16)11-17/h12-16H,4-11,17H2,1-3H3. The van der Waals surface area contributed by atoms with Crippen LogP contribution in [-0.2, 0) is 0 Å². The monoisotopic (exact) mass is 252 g/mol. The zero-order valence-corrected chi connectivity index (χ0v) is 12.6. The van der Waals surface area contributed by atoms with Crippen molar-refractivity contribution in [1.82, 2.24) is 4.90 Å². The van der Waals surface area contributed by atoms with E-state index in [9.17, 15) is 0 Å². The molecule has 5 atom stereocenters. The van der Waals surface area contributed by atoms with E-state index >= 15 is 0 Å². The third-order valence-electron chi connectivity index (χ3n) is 5.53. The molecule has 0 spiro atoms. The molecule has 0 amide bonds. The fourth-order valence-corrected chi connectivity index (χ4v) is 4.23. The molecule has 5 unspecified atom stereocenters. The van der Waals surface area contributed by atoms with Gasteiger partial charge in [-0.2, -0.15) is 0 Å². The first-order chi connectivity index (χ1) is 8.61. The Balaban J connectivity index is 1.98. The number of rotatable bonds is 3. The van der Waals surface area contributed by atoms with E-state index in [1.807, 2.05) is 0 Å². The van der Waals surface area contributed by atoms with E-state index < -0.39 is 0 Å². The second-order valence-corrected chi connectivity index (χ2v) is 7.07. The van der Waals surface area contributed by atoms with Crippen molar-refractivity contribution in [3.05, 3.63) is 0 Å². The van der Waals surface area contributed by atoms with Crippen LogP contribution in [0.25, 0.3) is 0 Å². The third-order valence-corrected chi connectivity index (χ3v) is 5.53. The molecule has 0 heterocycles. The van der Waals surface area contributed by atoms with Gasteiger partial charge in [-0.05, 0) is 57.0 Å². The molecule has 0 aromatic rings. The molecule has 2 heteroatoms. The van der Waals surface area contributed by atoms with Crippen molar-refractivity contribution in [2.75, 3.05) is 13.6 Å². The van der Waals surface area contributed by atoms with Crippen LogP contribution in [0.3, 0.4) is 0 Å². The molecule has 0 saturated heterocycles. The molecular formula is C16H32N2. The Labute approximate surface area is 113 Å². The maximum Gasteiger partial charge on any atom is 0.0138 e. The molecular weight excluding hydrogens is 220 g/mol. The Morgan fingerprint density at radius 3 is 2.39 bits per heavy atom. The van der Waals surface area contributed by atoms with Crippen LogP contribution >= 0.6 is 0 Å². The number of nitrogens with zero attached hydrogens (tertiary/aromatic N) is 1. The number of hydrogen-bond acceptors (Lipinski definition) is 2. The average Bonchev–Trinajstić information content (AvgIpc) is 2.38. The fourth-order valence-electron chi connectivity index (χ4n) is 4.23. The van der Waals surface area contributed by atoms with E-state index in [4.69, 9.17) is 5.73 Å². The molecule has 0 radical (unpaired) electrons. The van der Waals surface area contributed by atoms with Crippen LogP contribution in [0.4, 0.5) is 0 Å². The van der Waals surface area contributed by atoms with Gasteiger partial charge in [0.2, 0.25) is 0 Å². The zero-order chi connectivity index (χ0) is 13.1. The van der Waals surface area contributed by atoms with Gasteiger partial charge in [-0.15, -0.1) is 0 Å². The molecule has 0 aromatic carbocycles. The van der Waals surface area contributed by atoms with Gasteiger partial charge in [0.1, 0.15) is 0 Å². The molecule has 2 nitrogen and oxygen atoms in total. The molecule has 0 aromatic heterocycles. The maximum absolute atomic E-state index is 6.01. The van der Waals surface area contributed by atoms with Crippen molar-refractivity contribution in [3.8, 4) is 0 Å². The summed E-state index contributed by atoms with van der Waals surface area (Å²) in [5.74, 6) is 2.55. The van der Waals surface area contributed by atoms with E-state index in [2.05, 4.69) is 25.8 Å². The van der Waals surface area contributed by atoms with Crippen LogP contribution in [0.15, 0.2) is 0 Å². The first kappa shape index (κ1) is 14.3. The first-order valence-electron chi connectivity index (χ1n) is 8.03. The summed E-state index contributed by atoms with van der Waals surface area (Å²) in [6, 6.07) is 1.56. The molecule has 2 aliphatic carbocycles. The van der Waals surface area contributed by atoms with Gasteiger partial charge in [-0.25, -0.2) is 0 Å². The van der Waals surface area contributed by atoms with Crippen LogP contribution in [0.5, 0.6) is 0 Å². The smallest absolute Gasteiger partial charge is 0.0138 e. The van der Waals surface area contributed by atoms with E-state index in [0.29, 0.717) is 0 Å². The number of nitrogens with two attached hydrogens (primary N) is 1. The van der Waals surface area contributed by atoms with Crippen LogP contribution in [-0.4, -0.2) is 30.6 Å². The van der Waals surface area contributed by atoms with Gasteiger partial charge in [0, 0.05) is 12.1 Å². The normalized spacial score (nSPS) is 42.2. The average molecular weight is 252 g/mol. The minimum Gasteiger partial charge on any atom is -0.330 e. The van der Waals surface area contributed by atoms with Crippen molar-refractivity contribution < 1.29 is 0 Å². The minimum absolute atomic E-state index is 0.739. The molecule has 0 bridgehead atoms. The summed E-state index contributed by atoms with van der Waals surface area (Å²) in [5, 5.41) is 0. The summed E-state index contributed by atoms with van der Waals surface area (Å²) < 4.78 is 0. The van der Waals surface area contributed by atoms with E-state index in [1.165, 1.54) is 44.9 Å². The topological polar surface area (TPSA) is 29.3 Å². The van der Waals surface area contributed by atoms with Crippen LogP contribution < -0.4 is 5.73 Å². The minimum atomic E-state index is 0.739. The lowest BCUT2D eigenvalue weighted by molar-refractivity contribution is 0.0493. The van der Waals surface area contributed by atoms with Gasteiger partial charge in [0.25, 0.3) is 0 Å².